The lowest BCUT2D eigenvalue weighted by molar-refractivity contribution is -0.136. The number of fused-ring (bicyclic) bond motifs is 1. The van der Waals surface area contributed by atoms with E-state index in [4.69, 9.17) is 9.37 Å². The number of carbonyl (C=O) groups is 1. The SMILES string of the molecule is COC(=O)C1=C(C)NC(C)=C(C)[C@H]1c1cccc2nonc12. The molecule has 1 aromatic heterocycles. The number of allylic oxidation sites excluding steroid dienone is 3. The van der Waals surface area contributed by atoms with Crippen molar-refractivity contribution in [2.75, 3.05) is 7.11 Å². The van der Waals surface area contributed by atoms with Crippen LogP contribution in [0.5, 0.6) is 0 Å². The van der Waals surface area contributed by atoms with Crippen molar-refractivity contribution in [1.82, 2.24) is 15.6 Å². The molecular weight excluding hydrogens is 282 g/mol. The highest BCUT2D eigenvalue weighted by molar-refractivity contribution is 5.94. The van der Waals surface area contributed by atoms with Crippen LogP contribution < -0.4 is 5.32 Å². The summed E-state index contributed by atoms with van der Waals surface area (Å²) < 4.78 is 9.81. The van der Waals surface area contributed by atoms with Gasteiger partial charge in [0.25, 0.3) is 0 Å². The van der Waals surface area contributed by atoms with Gasteiger partial charge in [0.05, 0.1) is 12.7 Å². The number of nitrogens with zero attached hydrogens (tertiary/aromatic N) is 2. The smallest absolute Gasteiger partial charge is 0.336 e. The summed E-state index contributed by atoms with van der Waals surface area (Å²) in [7, 11) is 1.39. The van der Waals surface area contributed by atoms with Crippen LogP contribution in [0, 0.1) is 0 Å². The molecule has 0 saturated carbocycles. The Labute approximate surface area is 127 Å². The van der Waals surface area contributed by atoms with Crippen molar-refractivity contribution >= 4 is 17.0 Å². The Bertz CT molecular complexity index is 817. The average Bonchev–Trinajstić information content (AvgIpc) is 2.98. The van der Waals surface area contributed by atoms with E-state index < -0.39 is 0 Å². The van der Waals surface area contributed by atoms with Crippen LogP contribution in [0.1, 0.15) is 32.3 Å². The van der Waals surface area contributed by atoms with Crippen molar-refractivity contribution in [2.24, 2.45) is 0 Å². The van der Waals surface area contributed by atoms with Crippen LogP contribution in [0.3, 0.4) is 0 Å². The fourth-order valence-electron chi connectivity index (χ4n) is 2.93. The minimum absolute atomic E-state index is 0.232. The van der Waals surface area contributed by atoms with Gasteiger partial charge in [0.2, 0.25) is 0 Å². The molecule has 3 rings (SSSR count). The third-order valence-electron chi connectivity index (χ3n) is 4.13. The molecular formula is C16H17N3O3. The summed E-state index contributed by atoms with van der Waals surface area (Å²) in [6.07, 6.45) is 0. The van der Waals surface area contributed by atoms with E-state index in [0.717, 1.165) is 22.5 Å². The summed E-state index contributed by atoms with van der Waals surface area (Å²) in [5, 5.41) is 11.1. The molecule has 1 atom stereocenters. The molecule has 0 amide bonds. The molecule has 1 N–H and O–H groups in total. The van der Waals surface area contributed by atoms with Gasteiger partial charge >= 0.3 is 5.97 Å². The van der Waals surface area contributed by atoms with Gasteiger partial charge < -0.3 is 10.1 Å². The first-order chi connectivity index (χ1) is 10.5. The van der Waals surface area contributed by atoms with Gasteiger partial charge in [-0.25, -0.2) is 9.42 Å². The van der Waals surface area contributed by atoms with E-state index in [9.17, 15) is 4.79 Å². The molecule has 1 aromatic carbocycles. The number of methoxy groups -OCH3 is 1. The molecule has 1 aliphatic rings. The van der Waals surface area contributed by atoms with Crippen LogP contribution in [0.25, 0.3) is 11.0 Å². The third-order valence-corrected chi connectivity index (χ3v) is 4.13. The van der Waals surface area contributed by atoms with Gasteiger partial charge in [-0.05, 0) is 48.3 Å². The molecule has 6 nitrogen and oxygen atoms in total. The van der Waals surface area contributed by atoms with Crippen molar-refractivity contribution in [3.8, 4) is 0 Å². The Balaban J connectivity index is 2.26. The number of esters is 1. The highest BCUT2D eigenvalue weighted by Crippen LogP contribution is 2.40. The zero-order chi connectivity index (χ0) is 15.9. The normalized spacial score (nSPS) is 18.6. The summed E-state index contributed by atoms with van der Waals surface area (Å²) >= 11 is 0. The minimum Gasteiger partial charge on any atom is -0.466 e. The predicted octanol–water partition coefficient (Wildman–Crippen LogP) is 2.65. The number of carbonyl (C=O) groups excluding carboxylic acids is 1. The Morgan fingerprint density at radius 1 is 1.23 bits per heavy atom. The molecule has 0 radical (unpaired) electrons. The van der Waals surface area contributed by atoms with Gasteiger partial charge in [-0.1, -0.05) is 12.1 Å². The van der Waals surface area contributed by atoms with Crippen LogP contribution in [-0.2, 0) is 9.53 Å². The Hall–Kier alpha value is -2.63. The Morgan fingerprint density at radius 2 is 2.00 bits per heavy atom. The van der Waals surface area contributed by atoms with Crippen molar-refractivity contribution in [3.63, 3.8) is 0 Å². The lowest BCUT2D eigenvalue weighted by Crippen LogP contribution is -2.28. The van der Waals surface area contributed by atoms with Crippen molar-refractivity contribution in [1.29, 1.82) is 0 Å². The first-order valence-corrected chi connectivity index (χ1v) is 6.99. The van der Waals surface area contributed by atoms with Crippen LogP contribution in [-0.4, -0.2) is 23.4 Å². The number of nitrogens with one attached hydrogen (secondary N) is 1. The molecule has 0 fully saturated rings. The summed E-state index contributed by atoms with van der Waals surface area (Å²) in [4.78, 5) is 12.3. The van der Waals surface area contributed by atoms with E-state index in [-0.39, 0.29) is 11.9 Å². The topological polar surface area (TPSA) is 77.2 Å². The van der Waals surface area contributed by atoms with E-state index in [1.54, 1.807) is 0 Å². The molecule has 1 aliphatic heterocycles. The Morgan fingerprint density at radius 3 is 2.73 bits per heavy atom. The summed E-state index contributed by atoms with van der Waals surface area (Å²) in [6, 6.07) is 5.66. The molecule has 6 heteroatoms. The van der Waals surface area contributed by atoms with Crippen molar-refractivity contribution in [3.05, 3.63) is 46.3 Å². The number of hydrogen-bond donors (Lipinski definition) is 1. The van der Waals surface area contributed by atoms with E-state index in [1.165, 1.54) is 7.11 Å². The van der Waals surface area contributed by atoms with E-state index in [2.05, 4.69) is 15.6 Å². The maximum atomic E-state index is 12.3. The fraction of sp³-hybridized carbons (Fsp3) is 0.312. The van der Waals surface area contributed by atoms with Crippen LogP contribution in [0.2, 0.25) is 0 Å². The zero-order valence-electron chi connectivity index (χ0n) is 12.9. The van der Waals surface area contributed by atoms with Gasteiger partial charge in [-0.15, -0.1) is 0 Å². The van der Waals surface area contributed by atoms with Gasteiger partial charge in [-0.2, -0.15) is 0 Å². The van der Waals surface area contributed by atoms with Gasteiger partial charge in [0.15, 0.2) is 0 Å². The largest absolute Gasteiger partial charge is 0.466 e. The number of rotatable bonds is 2. The number of benzene rings is 1. The Kier molecular flexibility index (Phi) is 3.44. The van der Waals surface area contributed by atoms with E-state index in [0.29, 0.717) is 16.6 Å². The highest BCUT2D eigenvalue weighted by atomic mass is 16.6. The van der Waals surface area contributed by atoms with E-state index in [1.807, 2.05) is 39.0 Å². The highest BCUT2D eigenvalue weighted by Gasteiger charge is 2.33. The average molecular weight is 299 g/mol. The molecule has 0 spiro atoms. The number of aromatic nitrogens is 2. The molecule has 22 heavy (non-hydrogen) atoms. The maximum Gasteiger partial charge on any atom is 0.336 e. The van der Waals surface area contributed by atoms with E-state index >= 15 is 0 Å². The second-order valence-electron chi connectivity index (χ2n) is 5.38. The molecule has 114 valence electrons. The number of dihydropyridines is 1. The lowest BCUT2D eigenvalue weighted by atomic mass is 9.81. The third kappa shape index (κ3) is 2.07. The van der Waals surface area contributed by atoms with Crippen LogP contribution in [0.4, 0.5) is 0 Å². The van der Waals surface area contributed by atoms with Crippen molar-refractivity contribution < 1.29 is 14.2 Å². The predicted molar refractivity (Wildman–Crippen MR) is 80.8 cm³/mol. The molecule has 0 bridgehead atoms. The minimum atomic E-state index is -0.352. The standard InChI is InChI=1S/C16H17N3O3/c1-8-9(2)17-10(3)14(16(20)21-4)13(8)11-6-5-7-12-15(11)19-22-18-12/h5-7,13,17H,1-4H3/t13-/m0/s1. The van der Waals surface area contributed by atoms with Crippen molar-refractivity contribution in [2.45, 2.75) is 26.7 Å². The molecule has 0 saturated heterocycles. The summed E-state index contributed by atoms with van der Waals surface area (Å²) in [6.45, 7) is 5.85. The quantitative estimate of drug-likeness (QED) is 0.859. The first-order valence-electron chi connectivity index (χ1n) is 6.99. The van der Waals surface area contributed by atoms with Gasteiger partial charge in [-0.3, -0.25) is 0 Å². The molecule has 0 aliphatic carbocycles. The number of ether oxygens (including phenoxy) is 1. The van der Waals surface area contributed by atoms with Gasteiger partial charge in [0.1, 0.15) is 11.0 Å². The van der Waals surface area contributed by atoms with Gasteiger partial charge in [0, 0.05) is 17.3 Å². The summed E-state index contributed by atoms with van der Waals surface area (Å²) in [5.74, 6) is -0.584. The second-order valence-corrected chi connectivity index (χ2v) is 5.38. The zero-order valence-corrected chi connectivity index (χ0v) is 12.9. The fourth-order valence-corrected chi connectivity index (χ4v) is 2.93. The summed E-state index contributed by atoms with van der Waals surface area (Å²) in [5.41, 5.74) is 5.65. The lowest BCUT2D eigenvalue weighted by Gasteiger charge is -2.29. The molecule has 0 unspecified atom stereocenters. The first kappa shape index (κ1) is 14.3. The monoisotopic (exact) mass is 299 g/mol. The maximum absolute atomic E-state index is 12.3. The van der Waals surface area contributed by atoms with Crippen LogP contribution in [0.15, 0.2) is 45.4 Å². The molecule has 2 heterocycles. The van der Waals surface area contributed by atoms with Crippen LogP contribution >= 0.6 is 0 Å². The number of hydrogen-bond acceptors (Lipinski definition) is 6. The molecule has 2 aromatic rings. The second kappa shape index (κ2) is 5.29.